The fourth-order valence-electron chi connectivity index (χ4n) is 1.47. The van der Waals surface area contributed by atoms with Gasteiger partial charge in [-0.15, -0.1) is 0 Å². The second-order valence-electron chi connectivity index (χ2n) is 3.73. The predicted molar refractivity (Wildman–Crippen MR) is 77.2 cm³/mol. The zero-order valence-corrected chi connectivity index (χ0v) is 11.2. The third-order valence-electron chi connectivity index (χ3n) is 2.31. The van der Waals surface area contributed by atoms with Crippen LogP contribution in [0.15, 0.2) is 42.5 Å². The van der Waals surface area contributed by atoms with Crippen molar-refractivity contribution in [1.82, 2.24) is 0 Å². The Hall–Kier alpha value is -1.91. The standard InChI is InChI=1S/C13H10Cl2N2O2/c14-8-6-10(15)12(18)11(7-8)17-13(19)16-9-4-2-1-3-5-9/h1-7,18H,(H2,16,17,19). The fourth-order valence-corrected chi connectivity index (χ4v) is 1.96. The molecule has 0 atom stereocenters. The summed E-state index contributed by atoms with van der Waals surface area (Å²) in [5, 5.41) is 15.2. The highest BCUT2D eigenvalue weighted by atomic mass is 35.5. The Labute approximate surface area is 120 Å². The van der Waals surface area contributed by atoms with Gasteiger partial charge in [0, 0.05) is 10.7 Å². The highest BCUT2D eigenvalue weighted by Gasteiger charge is 2.10. The maximum absolute atomic E-state index is 11.7. The number of rotatable bonds is 2. The first kappa shape index (κ1) is 13.5. The summed E-state index contributed by atoms with van der Waals surface area (Å²) >= 11 is 11.6. The van der Waals surface area contributed by atoms with Crippen molar-refractivity contribution in [2.75, 3.05) is 10.6 Å². The molecular formula is C13H10Cl2N2O2. The van der Waals surface area contributed by atoms with E-state index in [-0.39, 0.29) is 16.5 Å². The second kappa shape index (κ2) is 5.82. The zero-order valence-electron chi connectivity index (χ0n) is 9.65. The number of phenolic OH excluding ortho intramolecular Hbond substituents is 1. The third-order valence-corrected chi connectivity index (χ3v) is 2.81. The third kappa shape index (κ3) is 3.53. The minimum absolute atomic E-state index is 0.0718. The van der Waals surface area contributed by atoms with Crippen molar-refractivity contribution in [2.45, 2.75) is 0 Å². The van der Waals surface area contributed by atoms with Crippen molar-refractivity contribution >= 4 is 40.6 Å². The van der Waals surface area contributed by atoms with Crippen LogP contribution in [-0.4, -0.2) is 11.1 Å². The Morgan fingerprint density at radius 3 is 2.42 bits per heavy atom. The number of halogens is 2. The van der Waals surface area contributed by atoms with Crippen LogP contribution in [0, 0.1) is 0 Å². The average molecular weight is 297 g/mol. The van der Waals surface area contributed by atoms with Gasteiger partial charge in [-0.2, -0.15) is 0 Å². The molecule has 2 amide bonds. The van der Waals surface area contributed by atoms with Crippen LogP contribution in [0.25, 0.3) is 0 Å². The molecule has 0 heterocycles. The first-order valence-electron chi connectivity index (χ1n) is 5.37. The first-order chi connectivity index (χ1) is 9.06. The lowest BCUT2D eigenvalue weighted by molar-refractivity contribution is 0.262. The summed E-state index contributed by atoms with van der Waals surface area (Å²) in [4.78, 5) is 11.7. The Kier molecular flexibility index (Phi) is 4.14. The largest absolute Gasteiger partial charge is 0.504 e. The fraction of sp³-hybridized carbons (Fsp3) is 0. The normalized spacial score (nSPS) is 10.0. The van der Waals surface area contributed by atoms with Crippen LogP contribution in [0.5, 0.6) is 5.75 Å². The number of anilines is 2. The van der Waals surface area contributed by atoms with E-state index in [1.54, 1.807) is 24.3 Å². The van der Waals surface area contributed by atoms with E-state index in [1.807, 2.05) is 6.07 Å². The minimum Gasteiger partial charge on any atom is -0.504 e. The average Bonchev–Trinajstić information content (AvgIpc) is 2.36. The summed E-state index contributed by atoms with van der Waals surface area (Å²) in [6.45, 7) is 0. The maximum atomic E-state index is 11.7. The first-order valence-corrected chi connectivity index (χ1v) is 6.13. The number of para-hydroxylation sites is 1. The molecule has 0 aliphatic carbocycles. The van der Waals surface area contributed by atoms with E-state index in [1.165, 1.54) is 12.1 Å². The molecule has 4 nitrogen and oxygen atoms in total. The lowest BCUT2D eigenvalue weighted by Gasteiger charge is -2.10. The molecule has 0 saturated heterocycles. The van der Waals surface area contributed by atoms with Gasteiger partial charge in [0.15, 0.2) is 5.75 Å². The molecule has 19 heavy (non-hydrogen) atoms. The molecule has 0 radical (unpaired) electrons. The number of aromatic hydroxyl groups is 1. The molecule has 98 valence electrons. The van der Waals surface area contributed by atoms with Crippen molar-refractivity contribution in [1.29, 1.82) is 0 Å². The van der Waals surface area contributed by atoms with Crippen LogP contribution in [0.1, 0.15) is 0 Å². The van der Waals surface area contributed by atoms with Gasteiger partial charge in [-0.05, 0) is 24.3 Å². The number of carbonyl (C=O) groups is 1. The van der Waals surface area contributed by atoms with Crippen molar-refractivity contribution in [3.63, 3.8) is 0 Å². The Morgan fingerprint density at radius 2 is 1.74 bits per heavy atom. The molecule has 0 unspecified atom stereocenters. The van der Waals surface area contributed by atoms with Gasteiger partial charge in [-0.1, -0.05) is 41.4 Å². The number of urea groups is 1. The van der Waals surface area contributed by atoms with Crippen molar-refractivity contribution < 1.29 is 9.90 Å². The van der Waals surface area contributed by atoms with Gasteiger partial charge in [-0.25, -0.2) is 4.79 Å². The van der Waals surface area contributed by atoms with Crippen LogP contribution >= 0.6 is 23.2 Å². The summed E-state index contributed by atoms with van der Waals surface area (Å²) in [5.41, 5.74) is 0.776. The summed E-state index contributed by atoms with van der Waals surface area (Å²) in [6, 6.07) is 11.2. The molecule has 0 bridgehead atoms. The summed E-state index contributed by atoms with van der Waals surface area (Å²) < 4.78 is 0. The van der Waals surface area contributed by atoms with E-state index in [0.717, 1.165) is 0 Å². The smallest absolute Gasteiger partial charge is 0.323 e. The summed E-state index contributed by atoms with van der Waals surface area (Å²) in [5.74, 6) is -0.228. The number of hydrogen-bond acceptors (Lipinski definition) is 2. The van der Waals surface area contributed by atoms with Gasteiger partial charge in [-0.3, -0.25) is 0 Å². The van der Waals surface area contributed by atoms with Gasteiger partial charge in [0.25, 0.3) is 0 Å². The molecule has 6 heteroatoms. The minimum atomic E-state index is -0.500. The lowest BCUT2D eigenvalue weighted by atomic mass is 10.3. The molecule has 0 aromatic heterocycles. The maximum Gasteiger partial charge on any atom is 0.323 e. The topological polar surface area (TPSA) is 61.4 Å². The Bertz CT molecular complexity index is 603. The number of nitrogens with one attached hydrogen (secondary N) is 2. The lowest BCUT2D eigenvalue weighted by Crippen LogP contribution is -2.19. The van der Waals surface area contributed by atoms with Gasteiger partial charge in [0.1, 0.15) is 0 Å². The van der Waals surface area contributed by atoms with Gasteiger partial charge in [0.05, 0.1) is 10.7 Å². The summed E-state index contributed by atoms with van der Waals surface area (Å²) in [6.07, 6.45) is 0. The monoisotopic (exact) mass is 296 g/mol. The van der Waals surface area contributed by atoms with E-state index in [4.69, 9.17) is 23.2 Å². The van der Waals surface area contributed by atoms with Crippen LogP contribution in [0.3, 0.4) is 0 Å². The number of hydrogen-bond donors (Lipinski definition) is 3. The van der Waals surface area contributed by atoms with Gasteiger partial charge < -0.3 is 15.7 Å². The molecule has 0 aliphatic heterocycles. The molecular weight excluding hydrogens is 287 g/mol. The van der Waals surface area contributed by atoms with Crippen LogP contribution < -0.4 is 10.6 Å². The van der Waals surface area contributed by atoms with Crippen molar-refractivity contribution in [3.05, 3.63) is 52.5 Å². The van der Waals surface area contributed by atoms with Crippen LogP contribution in [0.2, 0.25) is 10.0 Å². The Balaban J connectivity index is 2.11. The molecule has 2 rings (SSSR count). The number of benzene rings is 2. The van der Waals surface area contributed by atoms with E-state index in [2.05, 4.69) is 10.6 Å². The molecule has 2 aromatic rings. The van der Waals surface area contributed by atoms with E-state index in [0.29, 0.717) is 10.7 Å². The number of carbonyl (C=O) groups excluding carboxylic acids is 1. The van der Waals surface area contributed by atoms with Gasteiger partial charge >= 0.3 is 6.03 Å². The quantitative estimate of drug-likeness (QED) is 0.722. The molecule has 0 fully saturated rings. The van der Waals surface area contributed by atoms with Crippen LogP contribution in [0.4, 0.5) is 16.2 Å². The number of phenols is 1. The molecule has 0 aliphatic rings. The van der Waals surface area contributed by atoms with E-state index in [9.17, 15) is 9.90 Å². The molecule has 0 spiro atoms. The molecule has 2 aromatic carbocycles. The molecule has 3 N–H and O–H groups in total. The second-order valence-corrected chi connectivity index (χ2v) is 4.57. The van der Waals surface area contributed by atoms with E-state index >= 15 is 0 Å². The summed E-state index contributed by atoms with van der Waals surface area (Å²) in [7, 11) is 0. The SMILES string of the molecule is O=C(Nc1ccccc1)Nc1cc(Cl)cc(Cl)c1O. The zero-order chi connectivity index (χ0) is 13.8. The Morgan fingerprint density at radius 1 is 1.05 bits per heavy atom. The predicted octanol–water partition coefficient (Wildman–Crippen LogP) is 4.34. The number of amides is 2. The van der Waals surface area contributed by atoms with Crippen LogP contribution in [-0.2, 0) is 0 Å². The highest BCUT2D eigenvalue weighted by molar-refractivity contribution is 6.36. The highest BCUT2D eigenvalue weighted by Crippen LogP contribution is 2.34. The molecule has 0 saturated carbocycles. The van der Waals surface area contributed by atoms with Crippen molar-refractivity contribution in [3.8, 4) is 5.75 Å². The van der Waals surface area contributed by atoms with Gasteiger partial charge in [0.2, 0.25) is 0 Å². The van der Waals surface area contributed by atoms with Crippen molar-refractivity contribution in [2.24, 2.45) is 0 Å². The van der Waals surface area contributed by atoms with E-state index < -0.39 is 6.03 Å².